The monoisotopic (exact) mass is 544 g/mol. The Morgan fingerprint density at radius 2 is 1.47 bits per heavy atom. The fourth-order valence-electron chi connectivity index (χ4n) is 5.28. The van der Waals surface area contributed by atoms with Gasteiger partial charge in [-0.1, -0.05) is 66.2 Å². The molecule has 2 atom stereocenters. The second-order valence-corrected chi connectivity index (χ2v) is 10.6. The van der Waals surface area contributed by atoms with Gasteiger partial charge in [0, 0.05) is 50.3 Å². The van der Waals surface area contributed by atoms with Crippen molar-refractivity contribution in [1.82, 2.24) is 20.0 Å². The molecule has 0 aromatic heterocycles. The SMILES string of the molecule is CNC(CN(C)C)c1ccc(C(F)(F)F)c(CN2CCN(C(c3ccccc3)c3ccc(Cl)cc3)CC2)c1. The molecule has 3 aromatic rings. The molecule has 2 unspecified atom stereocenters. The second-order valence-electron chi connectivity index (χ2n) is 10.2. The fourth-order valence-corrected chi connectivity index (χ4v) is 5.41. The molecule has 0 amide bonds. The molecule has 8 heteroatoms. The first-order valence-corrected chi connectivity index (χ1v) is 13.3. The molecule has 0 saturated carbocycles. The van der Waals surface area contributed by atoms with Crippen molar-refractivity contribution in [2.45, 2.75) is 24.8 Å². The molecule has 1 N–H and O–H groups in total. The number of piperazine rings is 1. The standard InChI is InChI=1S/C30H36ClF3N4/c1-35-28(21-36(2)3)24-11-14-27(30(32,33)34)25(19-24)20-37-15-17-38(18-16-37)29(22-7-5-4-6-8-22)23-9-12-26(31)13-10-23/h4-14,19,28-29,35H,15-18,20-21H2,1-3H3. The van der Waals surface area contributed by atoms with Crippen LogP contribution in [0.5, 0.6) is 0 Å². The van der Waals surface area contributed by atoms with Crippen molar-refractivity contribution in [3.8, 4) is 0 Å². The Morgan fingerprint density at radius 3 is 2.05 bits per heavy atom. The molecule has 0 spiro atoms. The number of likely N-dealkylation sites (N-methyl/N-ethyl adjacent to an activating group) is 2. The summed E-state index contributed by atoms with van der Waals surface area (Å²) >= 11 is 6.15. The minimum Gasteiger partial charge on any atom is -0.312 e. The zero-order chi connectivity index (χ0) is 27.3. The van der Waals surface area contributed by atoms with Gasteiger partial charge in [0.15, 0.2) is 0 Å². The zero-order valence-corrected chi connectivity index (χ0v) is 22.9. The van der Waals surface area contributed by atoms with Crippen molar-refractivity contribution in [3.05, 3.63) is 106 Å². The summed E-state index contributed by atoms with van der Waals surface area (Å²) in [5, 5.41) is 3.93. The molecule has 1 fully saturated rings. The third-order valence-electron chi connectivity index (χ3n) is 7.20. The van der Waals surface area contributed by atoms with E-state index in [1.165, 1.54) is 11.6 Å². The Bertz CT molecular complexity index is 1160. The number of halogens is 4. The molecule has 204 valence electrons. The summed E-state index contributed by atoms with van der Waals surface area (Å²) in [7, 11) is 5.76. The quantitative estimate of drug-likeness (QED) is 0.352. The number of hydrogen-bond acceptors (Lipinski definition) is 4. The van der Waals surface area contributed by atoms with Gasteiger partial charge in [0.1, 0.15) is 0 Å². The predicted molar refractivity (Wildman–Crippen MR) is 148 cm³/mol. The van der Waals surface area contributed by atoms with Gasteiger partial charge < -0.3 is 10.2 Å². The number of benzene rings is 3. The largest absolute Gasteiger partial charge is 0.416 e. The zero-order valence-electron chi connectivity index (χ0n) is 22.2. The van der Waals surface area contributed by atoms with Crippen molar-refractivity contribution in [2.75, 3.05) is 53.9 Å². The topological polar surface area (TPSA) is 21.8 Å². The average Bonchev–Trinajstić information content (AvgIpc) is 2.89. The van der Waals surface area contributed by atoms with E-state index < -0.39 is 11.7 Å². The van der Waals surface area contributed by atoms with Crippen molar-refractivity contribution in [3.63, 3.8) is 0 Å². The molecule has 4 rings (SSSR count). The average molecular weight is 545 g/mol. The lowest BCUT2D eigenvalue weighted by atomic mass is 9.96. The molecule has 0 bridgehead atoms. The Kier molecular flexibility index (Phi) is 9.50. The van der Waals surface area contributed by atoms with E-state index in [9.17, 15) is 13.2 Å². The Hall–Kier alpha value is -2.42. The van der Waals surface area contributed by atoms with E-state index in [2.05, 4.69) is 39.4 Å². The molecule has 4 nitrogen and oxygen atoms in total. The van der Waals surface area contributed by atoms with Crippen molar-refractivity contribution in [1.29, 1.82) is 0 Å². The van der Waals surface area contributed by atoms with Gasteiger partial charge in [-0.3, -0.25) is 9.80 Å². The summed E-state index contributed by atoms with van der Waals surface area (Å²) in [6, 6.07) is 22.8. The molecule has 1 aliphatic heterocycles. The van der Waals surface area contributed by atoms with Crippen LogP contribution in [0.25, 0.3) is 0 Å². The van der Waals surface area contributed by atoms with Crippen LogP contribution in [0.2, 0.25) is 5.02 Å². The normalized spacial score (nSPS) is 17.1. The van der Waals surface area contributed by atoms with Crippen LogP contribution in [0.1, 0.15) is 39.9 Å². The predicted octanol–water partition coefficient (Wildman–Crippen LogP) is 6.09. The van der Waals surface area contributed by atoms with E-state index in [0.717, 1.165) is 24.2 Å². The van der Waals surface area contributed by atoms with Crippen molar-refractivity contribution in [2.24, 2.45) is 0 Å². The maximum atomic E-state index is 13.9. The van der Waals surface area contributed by atoms with Gasteiger partial charge >= 0.3 is 6.18 Å². The molecular weight excluding hydrogens is 509 g/mol. The van der Waals surface area contributed by atoms with Gasteiger partial charge in [-0.25, -0.2) is 0 Å². The lowest BCUT2D eigenvalue weighted by Gasteiger charge is -2.40. The van der Waals surface area contributed by atoms with Crippen LogP contribution in [0.3, 0.4) is 0 Å². The number of nitrogens with one attached hydrogen (secondary N) is 1. The first kappa shape index (κ1) is 28.6. The molecule has 1 aliphatic rings. The second kappa shape index (κ2) is 12.6. The maximum Gasteiger partial charge on any atom is 0.416 e. The highest BCUT2D eigenvalue weighted by molar-refractivity contribution is 6.30. The highest BCUT2D eigenvalue weighted by atomic mass is 35.5. The smallest absolute Gasteiger partial charge is 0.312 e. The van der Waals surface area contributed by atoms with Gasteiger partial charge in [-0.2, -0.15) is 13.2 Å². The molecule has 0 aliphatic carbocycles. The molecule has 0 radical (unpaired) electrons. The molecule has 38 heavy (non-hydrogen) atoms. The van der Waals surface area contributed by atoms with Gasteiger partial charge in [-0.05, 0) is 61.6 Å². The van der Waals surface area contributed by atoms with E-state index >= 15 is 0 Å². The fraction of sp³-hybridized carbons (Fsp3) is 0.400. The number of rotatable bonds is 9. The van der Waals surface area contributed by atoms with Crippen LogP contribution >= 0.6 is 11.6 Å². The van der Waals surface area contributed by atoms with Gasteiger partial charge in [0.05, 0.1) is 11.6 Å². The van der Waals surface area contributed by atoms with Crippen LogP contribution in [0.4, 0.5) is 13.2 Å². The molecule has 1 saturated heterocycles. The summed E-state index contributed by atoms with van der Waals surface area (Å²) in [6.45, 7) is 3.85. The first-order valence-electron chi connectivity index (χ1n) is 12.9. The summed E-state index contributed by atoms with van der Waals surface area (Å²) in [4.78, 5) is 6.57. The van der Waals surface area contributed by atoms with Crippen molar-refractivity contribution < 1.29 is 13.2 Å². The number of alkyl halides is 3. The summed E-state index contributed by atoms with van der Waals surface area (Å²) in [5.74, 6) is 0. The van der Waals surface area contributed by atoms with Crippen molar-refractivity contribution >= 4 is 11.6 Å². The van der Waals surface area contributed by atoms with E-state index in [1.807, 2.05) is 56.4 Å². The molecule has 3 aromatic carbocycles. The highest BCUT2D eigenvalue weighted by Crippen LogP contribution is 2.35. The van der Waals surface area contributed by atoms with Crippen LogP contribution in [0, 0.1) is 0 Å². The van der Waals surface area contributed by atoms with Gasteiger partial charge in [0.25, 0.3) is 0 Å². The third kappa shape index (κ3) is 7.16. The van der Waals surface area contributed by atoms with E-state index in [-0.39, 0.29) is 18.6 Å². The number of hydrogen-bond donors (Lipinski definition) is 1. The Balaban J connectivity index is 1.53. The minimum absolute atomic E-state index is 0.0473. The third-order valence-corrected chi connectivity index (χ3v) is 7.45. The minimum atomic E-state index is -4.39. The Labute approximate surface area is 229 Å². The van der Waals surface area contributed by atoms with Crippen LogP contribution < -0.4 is 5.32 Å². The summed E-state index contributed by atoms with van der Waals surface area (Å²) in [6.07, 6.45) is -4.39. The van der Waals surface area contributed by atoms with Crippen LogP contribution in [-0.4, -0.2) is 68.6 Å². The van der Waals surface area contributed by atoms with Crippen LogP contribution in [-0.2, 0) is 12.7 Å². The lowest BCUT2D eigenvalue weighted by molar-refractivity contribution is -0.138. The summed E-state index contributed by atoms with van der Waals surface area (Å²) < 4.78 is 41.8. The molecular formula is C30H36ClF3N4. The van der Waals surface area contributed by atoms with Gasteiger partial charge in [0.2, 0.25) is 0 Å². The van der Waals surface area contributed by atoms with Crippen LogP contribution in [0.15, 0.2) is 72.8 Å². The first-order chi connectivity index (χ1) is 18.2. The number of nitrogens with zero attached hydrogens (tertiary/aromatic N) is 3. The molecule has 1 heterocycles. The van der Waals surface area contributed by atoms with Gasteiger partial charge in [-0.15, -0.1) is 0 Å². The van der Waals surface area contributed by atoms with E-state index in [4.69, 9.17) is 11.6 Å². The summed E-state index contributed by atoms with van der Waals surface area (Å²) in [5.41, 5.74) is 3.00. The highest BCUT2D eigenvalue weighted by Gasteiger charge is 2.35. The Morgan fingerprint density at radius 1 is 0.868 bits per heavy atom. The lowest BCUT2D eigenvalue weighted by Crippen LogP contribution is -2.47. The van der Waals surface area contributed by atoms with E-state index in [1.54, 1.807) is 12.1 Å². The maximum absolute atomic E-state index is 13.9. The van der Waals surface area contributed by atoms with E-state index in [0.29, 0.717) is 30.2 Å².